The third-order valence-corrected chi connectivity index (χ3v) is 10.4. The summed E-state index contributed by atoms with van der Waals surface area (Å²) in [7, 11) is 1.82. The summed E-state index contributed by atoms with van der Waals surface area (Å²) in [6.07, 6.45) is 1.80. The zero-order valence-electron chi connectivity index (χ0n) is 25.1. The number of aromatic hydroxyl groups is 1. The second-order valence-corrected chi connectivity index (χ2v) is 13.1. The van der Waals surface area contributed by atoms with Crippen molar-refractivity contribution in [1.29, 1.82) is 0 Å². The molecule has 1 aliphatic carbocycles. The molecule has 2 atom stereocenters. The number of aromatic nitrogens is 3. The van der Waals surface area contributed by atoms with Gasteiger partial charge in [0.2, 0.25) is 5.88 Å². The van der Waals surface area contributed by atoms with Crippen molar-refractivity contribution in [1.82, 2.24) is 19.9 Å². The molecule has 4 aliphatic rings. The van der Waals surface area contributed by atoms with E-state index in [1.54, 1.807) is 6.07 Å². The number of aliphatic hydroxyl groups excluding tert-OH is 1. The van der Waals surface area contributed by atoms with E-state index in [0.29, 0.717) is 54.4 Å². The number of nitrogens with zero attached hydrogens (tertiary/aromatic N) is 5. The van der Waals surface area contributed by atoms with Crippen molar-refractivity contribution in [3.8, 4) is 28.9 Å². The molecule has 2 saturated heterocycles. The number of halogens is 3. The van der Waals surface area contributed by atoms with Crippen LogP contribution in [0.1, 0.15) is 44.6 Å². The molecule has 0 unspecified atom stereocenters. The SMILES string of the molecule is CCc1c(F)ccc2cc(O)cc(-c3nc4c5c(nc(OC[C@@]67CCCN6C[C@H](F)C7)nc5c3F)N(C)C3(CO4)CC(O)C3)c12. The lowest BCUT2D eigenvalue weighted by Gasteiger charge is -2.50. The Kier molecular flexibility index (Phi) is 6.38. The minimum absolute atomic E-state index is 0.0622. The van der Waals surface area contributed by atoms with Gasteiger partial charge in [-0.1, -0.05) is 13.0 Å². The number of likely N-dealkylation sites (N-methyl/N-ethyl adjacent to an activating group) is 1. The van der Waals surface area contributed by atoms with Gasteiger partial charge in [-0.05, 0) is 60.3 Å². The molecule has 2 aromatic heterocycles. The molecule has 0 bridgehead atoms. The first-order chi connectivity index (χ1) is 21.6. The van der Waals surface area contributed by atoms with Crippen LogP contribution in [-0.4, -0.2) is 86.8 Å². The van der Waals surface area contributed by atoms with E-state index in [1.807, 2.05) is 18.9 Å². The fraction of sp³-hybridized carbons (Fsp3) is 0.485. The summed E-state index contributed by atoms with van der Waals surface area (Å²) in [4.78, 5) is 17.9. The van der Waals surface area contributed by atoms with Gasteiger partial charge in [-0.25, -0.2) is 18.2 Å². The van der Waals surface area contributed by atoms with Crippen molar-refractivity contribution in [2.45, 2.75) is 68.8 Å². The standard InChI is InChI=1S/C33H34F3N5O4/c1-3-21-23(35)6-5-17-9-19(42)10-22(24(17)21)27-26(36)28-25-29(40(2)33(12-20(43)13-33)16-44-30(25)37-27)39-31(38-28)45-15-32-7-4-8-41(32)14-18(34)11-32/h5-6,9-10,18,20,42-43H,3-4,7-8,11-16H2,1-2H3/t18-,20?,32+,33?/m1/s1. The number of pyridine rings is 1. The summed E-state index contributed by atoms with van der Waals surface area (Å²) in [5.74, 6) is -0.924. The maximum atomic E-state index is 16.9. The van der Waals surface area contributed by atoms with Gasteiger partial charge in [0, 0.05) is 38.4 Å². The van der Waals surface area contributed by atoms with Gasteiger partial charge in [0.15, 0.2) is 5.82 Å². The highest BCUT2D eigenvalue weighted by Gasteiger charge is 2.51. The van der Waals surface area contributed by atoms with Crippen LogP contribution in [0.3, 0.4) is 0 Å². The highest BCUT2D eigenvalue weighted by Crippen LogP contribution is 2.48. The number of aryl methyl sites for hydroxylation is 1. The van der Waals surface area contributed by atoms with E-state index in [4.69, 9.17) is 14.5 Å². The van der Waals surface area contributed by atoms with Crippen molar-refractivity contribution in [2.75, 3.05) is 38.3 Å². The normalized spacial score (nSPS) is 27.6. The molecule has 8 rings (SSSR count). The lowest BCUT2D eigenvalue weighted by molar-refractivity contribution is -0.00261. The smallest absolute Gasteiger partial charge is 0.319 e. The lowest BCUT2D eigenvalue weighted by atomic mass is 9.73. The summed E-state index contributed by atoms with van der Waals surface area (Å²) in [5, 5.41) is 22.1. The van der Waals surface area contributed by atoms with Crippen molar-refractivity contribution >= 4 is 27.5 Å². The van der Waals surface area contributed by atoms with Crippen molar-refractivity contribution in [3.05, 3.63) is 41.5 Å². The van der Waals surface area contributed by atoms with Crippen LogP contribution in [0, 0.1) is 11.6 Å². The van der Waals surface area contributed by atoms with E-state index < -0.39 is 35.0 Å². The minimum Gasteiger partial charge on any atom is -0.508 e. The molecule has 9 nitrogen and oxygen atoms in total. The average molecular weight is 622 g/mol. The Morgan fingerprint density at radius 2 is 1.93 bits per heavy atom. The van der Waals surface area contributed by atoms with Crippen LogP contribution in [0.15, 0.2) is 24.3 Å². The third-order valence-electron chi connectivity index (χ3n) is 10.4. The fourth-order valence-electron chi connectivity index (χ4n) is 8.11. The molecule has 2 N–H and O–H groups in total. The molecule has 3 aliphatic heterocycles. The van der Waals surface area contributed by atoms with Gasteiger partial charge in [0.1, 0.15) is 53.4 Å². The number of ether oxygens (including phenoxy) is 2. The van der Waals surface area contributed by atoms with Gasteiger partial charge in [0.05, 0.1) is 17.2 Å². The second kappa shape index (κ2) is 10.1. The zero-order valence-corrected chi connectivity index (χ0v) is 25.1. The predicted molar refractivity (Wildman–Crippen MR) is 162 cm³/mol. The Morgan fingerprint density at radius 1 is 1.11 bits per heavy atom. The van der Waals surface area contributed by atoms with Gasteiger partial charge < -0.3 is 24.6 Å². The number of phenolic OH excluding ortho intramolecular Hbond substituents is 1. The Hall–Kier alpha value is -3.90. The second-order valence-electron chi connectivity index (χ2n) is 13.1. The lowest BCUT2D eigenvalue weighted by Crippen LogP contribution is -2.61. The monoisotopic (exact) mass is 621 g/mol. The predicted octanol–water partition coefficient (Wildman–Crippen LogP) is 5.07. The first-order valence-electron chi connectivity index (χ1n) is 15.5. The summed E-state index contributed by atoms with van der Waals surface area (Å²) in [5.41, 5.74) is -0.755. The van der Waals surface area contributed by atoms with Crippen LogP contribution in [0.5, 0.6) is 17.6 Å². The molecule has 4 aromatic rings. The van der Waals surface area contributed by atoms with E-state index in [9.17, 15) is 14.6 Å². The minimum atomic E-state index is -0.937. The number of anilines is 1. The van der Waals surface area contributed by atoms with Crippen molar-refractivity contribution < 1.29 is 32.9 Å². The first kappa shape index (κ1) is 28.6. The van der Waals surface area contributed by atoms with E-state index in [-0.39, 0.29) is 53.0 Å². The molecule has 5 heterocycles. The van der Waals surface area contributed by atoms with Crippen molar-refractivity contribution in [3.63, 3.8) is 0 Å². The topological polar surface area (TPSA) is 104 Å². The highest BCUT2D eigenvalue weighted by atomic mass is 19.1. The van der Waals surface area contributed by atoms with Gasteiger partial charge in [0.25, 0.3) is 0 Å². The van der Waals surface area contributed by atoms with Crippen LogP contribution in [0.25, 0.3) is 32.9 Å². The van der Waals surface area contributed by atoms with E-state index in [2.05, 4.69) is 14.9 Å². The number of phenols is 1. The van der Waals surface area contributed by atoms with Crippen LogP contribution in [0.2, 0.25) is 0 Å². The Morgan fingerprint density at radius 3 is 2.71 bits per heavy atom. The van der Waals surface area contributed by atoms with E-state index >= 15 is 8.78 Å². The first-order valence-corrected chi connectivity index (χ1v) is 15.5. The maximum absolute atomic E-state index is 16.9. The molecule has 0 amide bonds. The van der Waals surface area contributed by atoms with E-state index in [0.717, 1.165) is 19.4 Å². The molecule has 0 radical (unpaired) electrons. The molecule has 236 valence electrons. The molecular weight excluding hydrogens is 587 g/mol. The van der Waals surface area contributed by atoms with Crippen LogP contribution in [-0.2, 0) is 6.42 Å². The number of hydrogen-bond acceptors (Lipinski definition) is 9. The average Bonchev–Trinajstić information content (AvgIpc) is 3.49. The van der Waals surface area contributed by atoms with Crippen LogP contribution >= 0.6 is 0 Å². The summed E-state index contributed by atoms with van der Waals surface area (Å²) < 4.78 is 58.9. The van der Waals surface area contributed by atoms with Gasteiger partial charge >= 0.3 is 6.01 Å². The van der Waals surface area contributed by atoms with Crippen LogP contribution < -0.4 is 14.4 Å². The number of fused-ring (bicyclic) bond motifs is 2. The molecule has 1 spiro atoms. The van der Waals surface area contributed by atoms with Gasteiger partial charge in [-0.2, -0.15) is 9.97 Å². The quantitative estimate of drug-likeness (QED) is 0.316. The van der Waals surface area contributed by atoms with E-state index in [1.165, 1.54) is 18.2 Å². The largest absolute Gasteiger partial charge is 0.508 e. The molecule has 1 saturated carbocycles. The Labute approximate surface area is 257 Å². The van der Waals surface area contributed by atoms with Gasteiger partial charge in [-0.15, -0.1) is 0 Å². The van der Waals surface area contributed by atoms with Crippen molar-refractivity contribution in [2.24, 2.45) is 0 Å². The summed E-state index contributed by atoms with van der Waals surface area (Å²) in [6.45, 7) is 3.28. The molecule has 2 aromatic carbocycles. The molecule has 12 heteroatoms. The van der Waals surface area contributed by atoms with Crippen LogP contribution in [0.4, 0.5) is 19.0 Å². The Balaban J connectivity index is 1.33. The zero-order chi connectivity index (χ0) is 31.2. The highest BCUT2D eigenvalue weighted by molar-refractivity contribution is 6.03. The molecule has 3 fully saturated rings. The summed E-state index contributed by atoms with van der Waals surface area (Å²) >= 11 is 0. The van der Waals surface area contributed by atoms with Gasteiger partial charge in [-0.3, -0.25) is 4.90 Å². The number of aliphatic hydroxyl groups is 1. The fourth-order valence-corrected chi connectivity index (χ4v) is 8.11. The molecule has 45 heavy (non-hydrogen) atoms. The third kappa shape index (κ3) is 4.25. The Bertz CT molecular complexity index is 1870. The number of rotatable bonds is 5. The number of benzene rings is 2. The number of hydrogen-bond donors (Lipinski definition) is 2. The maximum Gasteiger partial charge on any atom is 0.319 e. The molecular formula is C33H34F3N5O4. The number of alkyl halides is 1. The summed E-state index contributed by atoms with van der Waals surface area (Å²) in [6, 6.07) is 5.69.